The molecule has 0 amide bonds. The molecule has 0 unspecified atom stereocenters. The Bertz CT molecular complexity index is 1170. The molecule has 0 spiro atoms. The van der Waals surface area contributed by atoms with E-state index in [2.05, 4.69) is 15.2 Å². The molecule has 10 nitrogen and oxygen atoms in total. The number of benzene rings is 2. The summed E-state index contributed by atoms with van der Waals surface area (Å²) in [7, 11) is 1.33. The van der Waals surface area contributed by atoms with Crippen molar-refractivity contribution in [3.8, 4) is 11.5 Å². The molecule has 11 heteroatoms. The van der Waals surface area contributed by atoms with Crippen LogP contribution in [0.2, 0.25) is 0 Å². The van der Waals surface area contributed by atoms with Crippen molar-refractivity contribution in [1.29, 1.82) is 0 Å². The molecule has 4 rings (SSSR count). The Kier molecular flexibility index (Phi) is 7.24. The number of nitrogens with two attached hydrogens (primary N) is 1. The van der Waals surface area contributed by atoms with E-state index in [1.807, 2.05) is 24.3 Å². The molecule has 1 aliphatic rings. The number of nitrogens with zero attached hydrogens (tertiary/aromatic N) is 3. The summed E-state index contributed by atoms with van der Waals surface area (Å²) in [6.07, 6.45) is 2.52. The van der Waals surface area contributed by atoms with Gasteiger partial charge in [0.2, 0.25) is 5.78 Å². The smallest absolute Gasteiger partial charge is 0.311 e. The average molecular weight is 484 g/mol. The van der Waals surface area contributed by atoms with Crippen LogP contribution in [0.25, 0.3) is 0 Å². The van der Waals surface area contributed by atoms with Crippen molar-refractivity contribution in [2.24, 2.45) is 0 Å². The second-order valence-electron chi connectivity index (χ2n) is 7.75. The Morgan fingerprint density at radius 3 is 2.65 bits per heavy atom. The van der Waals surface area contributed by atoms with Crippen molar-refractivity contribution >= 4 is 39.4 Å². The summed E-state index contributed by atoms with van der Waals surface area (Å²) >= 11 is 1.08. The number of carbonyl (C=O) groups is 1. The van der Waals surface area contributed by atoms with Crippen LogP contribution in [0.1, 0.15) is 28.1 Å². The number of hydrogen-bond acceptors (Lipinski definition) is 10. The predicted octanol–water partition coefficient (Wildman–Crippen LogP) is 4.09. The summed E-state index contributed by atoms with van der Waals surface area (Å²) in [6.45, 7) is 3.85. The summed E-state index contributed by atoms with van der Waals surface area (Å²) in [5.74, 6) is 0.457. The zero-order valence-electron chi connectivity index (χ0n) is 18.7. The van der Waals surface area contributed by atoms with E-state index in [1.54, 1.807) is 0 Å². The number of nitrogen functional groups attached to an aromatic ring is 1. The number of hydrogen-bond donors (Lipinski definition) is 2. The van der Waals surface area contributed by atoms with E-state index in [0.717, 1.165) is 42.4 Å². The molecule has 1 aromatic heterocycles. The molecule has 0 atom stereocenters. The fourth-order valence-corrected chi connectivity index (χ4v) is 4.58. The fraction of sp³-hybridized carbons (Fsp3) is 0.304. The lowest BCUT2D eigenvalue weighted by Gasteiger charge is -2.15. The van der Waals surface area contributed by atoms with Gasteiger partial charge in [0.1, 0.15) is 23.1 Å². The first-order chi connectivity index (χ1) is 16.4. The molecule has 1 aliphatic heterocycles. The lowest BCUT2D eigenvalue weighted by atomic mass is 10.1. The Morgan fingerprint density at radius 1 is 1.24 bits per heavy atom. The molecule has 3 N–H and O–H groups in total. The molecule has 2 heterocycles. The van der Waals surface area contributed by atoms with E-state index >= 15 is 0 Å². The van der Waals surface area contributed by atoms with Gasteiger partial charge in [-0.15, -0.1) is 0 Å². The number of likely N-dealkylation sites (tertiary alicyclic amines) is 1. The SMILES string of the molecule is COc1ccc(C(=O)c2sc(Nc3ccc(OCCN4CCCC4)cc3)nc2N)cc1[N+](=O)[O-]. The van der Waals surface area contributed by atoms with E-state index in [4.69, 9.17) is 15.2 Å². The number of anilines is 3. The molecule has 0 aliphatic carbocycles. The van der Waals surface area contributed by atoms with Crippen LogP contribution in [-0.4, -0.2) is 53.9 Å². The van der Waals surface area contributed by atoms with E-state index < -0.39 is 10.7 Å². The second kappa shape index (κ2) is 10.5. The number of nitro groups is 1. The highest BCUT2D eigenvalue weighted by molar-refractivity contribution is 7.18. The minimum atomic E-state index is -0.599. The van der Waals surface area contributed by atoms with Crippen LogP contribution in [0.3, 0.4) is 0 Å². The molecule has 34 heavy (non-hydrogen) atoms. The van der Waals surface area contributed by atoms with Gasteiger partial charge in [-0.25, -0.2) is 4.98 Å². The van der Waals surface area contributed by atoms with Crippen molar-refractivity contribution in [2.75, 3.05) is 44.4 Å². The van der Waals surface area contributed by atoms with E-state index in [1.165, 1.54) is 38.2 Å². The van der Waals surface area contributed by atoms with Crippen LogP contribution in [0.15, 0.2) is 42.5 Å². The lowest BCUT2D eigenvalue weighted by molar-refractivity contribution is -0.385. The maximum absolute atomic E-state index is 12.9. The van der Waals surface area contributed by atoms with Gasteiger partial charge in [-0.3, -0.25) is 19.8 Å². The van der Waals surface area contributed by atoms with Crippen LogP contribution in [0.4, 0.5) is 22.3 Å². The molecular weight excluding hydrogens is 458 g/mol. The number of nitrogens with one attached hydrogen (secondary N) is 1. The maximum atomic E-state index is 12.9. The third kappa shape index (κ3) is 5.43. The predicted molar refractivity (Wildman–Crippen MR) is 131 cm³/mol. The van der Waals surface area contributed by atoms with Gasteiger partial charge in [-0.05, 0) is 62.3 Å². The van der Waals surface area contributed by atoms with Gasteiger partial charge in [-0.2, -0.15) is 0 Å². The van der Waals surface area contributed by atoms with Crippen LogP contribution in [-0.2, 0) is 0 Å². The number of thiazole rings is 1. The van der Waals surface area contributed by atoms with Gasteiger partial charge in [0.15, 0.2) is 10.9 Å². The van der Waals surface area contributed by atoms with E-state index in [-0.39, 0.29) is 27.7 Å². The monoisotopic (exact) mass is 483 g/mol. The van der Waals surface area contributed by atoms with Crippen LogP contribution in [0.5, 0.6) is 11.5 Å². The maximum Gasteiger partial charge on any atom is 0.311 e. The van der Waals surface area contributed by atoms with Crippen molar-refractivity contribution in [2.45, 2.75) is 12.8 Å². The molecule has 2 aromatic carbocycles. The highest BCUT2D eigenvalue weighted by Crippen LogP contribution is 2.33. The zero-order valence-corrected chi connectivity index (χ0v) is 19.5. The van der Waals surface area contributed by atoms with Crippen LogP contribution >= 0.6 is 11.3 Å². The van der Waals surface area contributed by atoms with Crippen molar-refractivity contribution in [3.63, 3.8) is 0 Å². The van der Waals surface area contributed by atoms with Crippen molar-refractivity contribution in [1.82, 2.24) is 9.88 Å². The number of carbonyl (C=O) groups excluding carboxylic acids is 1. The highest BCUT2D eigenvalue weighted by Gasteiger charge is 2.23. The normalized spacial score (nSPS) is 13.6. The molecular formula is C23H25N5O5S. The summed E-state index contributed by atoms with van der Waals surface area (Å²) in [4.78, 5) is 30.4. The summed E-state index contributed by atoms with van der Waals surface area (Å²) in [5.41, 5.74) is 6.57. The highest BCUT2D eigenvalue weighted by atomic mass is 32.1. The first kappa shape index (κ1) is 23.5. The molecule has 1 fully saturated rings. The minimum Gasteiger partial charge on any atom is -0.492 e. The number of aromatic nitrogens is 1. The van der Waals surface area contributed by atoms with E-state index in [0.29, 0.717) is 11.7 Å². The molecule has 3 aromatic rings. The van der Waals surface area contributed by atoms with Gasteiger partial charge in [-0.1, -0.05) is 11.3 Å². The van der Waals surface area contributed by atoms with E-state index in [9.17, 15) is 14.9 Å². The van der Waals surface area contributed by atoms with Crippen molar-refractivity contribution in [3.05, 3.63) is 63.0 Å². The topological polar surface area (TPSA) is 133 Å². The summed E-state index contributed by atoms with van der Waals surface area (Å²) in [6, 6.07) is 11.5. The minimum absolute atomic E-state index is 0.0536. The number of ketones is 1. The van der Waals surface area contributed by atoms with Gasteiger partial charge >= 0.3 is 5.69 Å². The Labute approximate surface area is 200 Å². The molecule has 178 valence electrons. The summed E-state index contributed by atoms with van der Waals surface area (Å²) < 4.78 is 10.8. The lowest BCUT2D eigenvalue weighted by Crippen LogP contribution is -2.25. The second-order valence-corrected chi connectivity index (χ2v) is 8.75. The summed E-state index contributed by atoms with van der Waals surface area (Å²) in [5, 5.41) is 14.8. The average Bonchev–Trinajstić information content (AvgIpc) is 3.48. The third-order valence-electron chi connectivity index (χ3n) is 5.48. The standard InChI is InChI=1S/C23H25N5O5S/c1-32-19-9-4-15(14-18(19)28(30)31)20(29)21-22(24)26-23(34-21)25-16-5-7-17(8-6-16)33-13-12-27-10-2-3-11-27/h4-9,14H,2-3,10-13,24H2,1H3,(H,25,26). The molecule has 1 saturated heterocycles. The Hall–Kier alpha value is -3.70. The first-order valence-electron chi connectivity index (χ1n) is 10.8. The Balaban J connectivity index is 1.40. The number of ether oxygens (including phenoxy) is 2. The Morgan fingerprint density at radius 2 is 1.97 bits per heavy atom. The first-order valence-corrected chi connectivity index (χ1v) is 11.6. The van der Waals surface area contributed by atoms with Gasteiger partial charge in [0.05, 0.1) is 12.0 Å². The number of rotatable bonds is 10. The van der Waals surface area contributed by atoms with Gasteiger partial charge in [0.25, 0.3) is 0 Å². The fourth-order valence-electron chi connectivity index (χ4n) is 3.71. The largest absolute Gasteiger partial charge is 0.492 e. The number of methoxy groups -OCH3 is 1. The quantitative estimate of drug-likeness (QED) is 0.248. The number of nitro benzene ring substituents is 1. The zero-order chi connectivity index (χ0) is 24.1. The van der Waals surface area contributed by atoms with Crippen LogP contribution < -0.4 is 20.5 Å². The molecule has 0 bridgehead atoms. The van der Waals surface area contributed by atoms with Crippen molar-refractivity contribution < 1.29 is 19.2 Å². The third-order valence-corrected chi connectivity index (χ3v) is 6.46. The van der Waals surface area contributed by atoms with Crippen LogP contribution in [0, 0.1) is 10.1 Å². The molecule has 0 radical (unpaired) electrons. The van der Waals surface area contributed by atoms with Gasteiger partial charge in [0, 0.05) is 23.9 Å². The van der Waals surface area contributed by atoms with Gasteiger partial charge < -0.3 is 20.5 Å². The molecule has 0 saturated carbocycles.